The lowest BCUT2D eigenvalue weighted by Crippen LogP contribution is -2.31. The van der Waals surface area contributed by atoms with Crippen molar-refractivity contribution in [2.24, 2.45) is 17.8 Å². The van der Waals surface area contributed by atoms with Gasteiger partial charge in [-0.3, -0.25) is 9.59 Å². The van der Waals surface area contributed by atoms with E-state index in [9.17, 15) is 9.59 Å². The lowest BCUT2D eigenvalue weighted by molar-refractivity contribution is -0.122. The summed E-state index contributed by atoms with van der Waals surface area (Å²) in [6.45, 7) is 2.13. The van der Waals surface area contributed by atoms with E-state index in [4.69, 9.17) is 23.2 Å². The van der Waals surface area contributed by atoms with Gasteiger partial charge in [0.15, 0.2) is 0 Å². The van der Waals surface area contributed by atoms with Crippen LogP contribution in [0.15, 0.2) is 18.2 Å². The van der Waals surface area contributed by atoms with E-state index in [0.29, 0.717) is 21.7 Å². The van der Waals surface area contributed by atoms with Crippen molar-refractivity contribution < 1.29 is 9.59 Å². The summed E-state index contributed by atoms with van der Waals surface area (Å²) in [6, 6.07) is 4.85. The number of imide groups is 1. The number of halogens is 2. The molecule has 1 heterocycles. The SMILES string of the molecule is C[C@@H]1CC[C@H]2C(=O)N(c3ccc(Cl)cc3Cl)C(=O)[C@@H]2C1. The summed E-state index contributed by atoms with van der Waals surface area (Å²) in [5.41, 5.74) is 0.452. The Kier molecular flexibility index (Phi) is 3.51. The molecule has 2 amide bonds. The van der Waals surface area contributed by atoms with Crippen LogP contribution in [0.3, 0.4) is 0 Å². The van der Waals surface area contributed by atoms with Gasteiger partial charge in [0.05, 0.1) is 22.5 Å². The molecule has 0 unspecified atom stereocenters. The number of nitrogens with zero attached hydrogens (tertiary/aromatic N) is 1. The lowest BCUT2D eigenvalue weighted by atomic mass is 9.76. The highest BCUT2D eigenvalue weighted by atomic mass is 35.5. The van der Waals surface area contributed by atoms with Gasteiger partial charge in [-0.25, -0.2) is 4.90 Å². The summed E-state index contributed by atoms with van der Waals surface area (Å²) >= 11 is 12.0. The van der Waals surface area contributed by atoms with Crippen molar-refractivity contribution in [3.05, 3.63) is 28.2 Å². The van der Waals surface area contributed by atoms with Crippen LogP contribution in [0.4, 0.5) is 5.69 Å². The molecule has 3 atom stereocenters. The highest BCUT2D eigenvalue weighted by Gasteiger charge is 2.50. The van der Waals surface area contributed by atoms with Gasteiger partial charge in [-0.2, -0.15) is 0 Å². The average Bonchev–Trinajstić information content (AvgIpc) is 2.63. The number of carbonyl (C=O) groups excluding carboxylic acids is 2. The molecule has 2 aliphatic rings. The Labute approximate surface area is 127 Å². The molecule has 2 fully saturated rings. The molecular formula is C15H15Cl2NO2. The summed E-state index contributed by atoms with van der Waals surface area (Å²) in [5.74, 6) is -0.0935. The molecule has 0 spiro atoms. The average molecular weight is 312 g/mol. The van der Waals surface area contributed by atoms with Crippen molar-refractivity contribution in [2.45, 2.75) is 26.2 Å². The molecule has 3 nitrogen and oxygen atoms in total. The van der Waals surface area contributed by atoms with Crippen molar-refractivity contribution in [1.29, 1.82) is 0 Å². The normalized spacial score (nSPS) is 29.8. The van der Waals surface area contributed by atoms with Crippen LogP contribution in [-0.4, -0.2) is 11.8 Å². The number of benzene rings is 1. The Hall–Kier alpha value is -1.06. The van der Waals surface area contributed by atoms with Crippen molar-refractivity contribution in [2.75, 3.05) is 4.90 Å². The number of rotatable bonds is 1. The van der Waals surface area contributed by atoms with Crippen LogP contribution in [0, 0.1) is 17.8 Å². The Balaban J connectivity index is 1.98. The first-order chi connectivity index (χ1) is 9.49. The van der Waals surface area contributed by atoms with Gasteiger partial charge in [-0.15, -0.1) is 0 Å². The molecule has 5 heteroatoms. The van der Waals surface area contributed by atoms with E-state index in [1.54, 1.807) is 18.2 Å². The van der Waals surface area contributed by atoms with Crippen LogP contribution in [0.25, 0.3) is 0 Å². The molecule has 0 N–H and O–H groups in total. The molecule has 106 valence electrons. The van der Waals surface area contributed by atoms with E-state index in [1.165, 1.54) is 4.90 Å². The van der Waals surface area contributed by atoms with Crippen molar-refractivity contribution in [1.82, 2.24) is 0 Å². The zero-order chi connectivity index (χ0) is 14.4. The molecule has 0 aromatic heterocycles. The van der Waals surface area contributed by atoms with Crippen LogP contribution >= 0.6 is 23.2 Å². The van der Waals surface area contributed by atoms with E-state index in [1.807, 2.05) is 0 Å². The van der Waals surface area contributed by atoms with E-state index < -0.39 is 0 Å². The molecule has 1 saturated heterocycles. The second-order valence-electron chi connectivity index (χ2n) is 5.74. The molecule has 3 rings (SSSR count). The third-order valence-corrected chi connectivity index (χ3v) is 4.88. The van der Waals surface area contributed by atoms with Crippen molar-refractivity contribution >= 4 is 40.7 Å². The summed E-state index contributed by atoms with van der Waals surface area (Å²) in [4.78, 5) is 26.3. The molecule has 20 heavy (non-hydrogen) atoms. The fourth-order valence-corrected chi connectivity index (χ4v) is 3.78. The standard InChI is InChI=1S/C15H15Cl2NO2/c1-8-2-4-10-11(6-8)15(20)18(14(10)19)13-5-3-9(16)7-12(13)17/h3,5,7-8,10-11H,2,4,6H2,1H3/t8-,10-,11-/m1/s1. The van der Waals surface area contributed by atoms with Crippen LogP contribution in [0.1, 0.15) is 26.2 Å². The maximum Gasteiger partial charge on any atom is 0.237 e. The highest BCUT2D eigenvalue weighted by Crippen LogP contribution is 2.43. The smallest absolute Gasteiger partial charge is 0.237 e. The number of hydrogen-bond donors (Lipinski definition) is 0. The molecule has 0 bridgehead atoms. The van der Waals surface area contributed by atoms with Crippen molar-refractivity contribution in [3.8, 4) is 0 Å². The first-order valence-electron chi connectivity index (χ1n) is 6.82. The monoisotopic (exact) mass is 311 g/mol. The predicted molar refractivity (Wildman–Crippen MR) is 79.0 cm³/mol. The van der Waals surface area contributed by atoms with E-state index in [-0.39, 0.29) is 23.7 Å². The maximum absolute atomic E-state index is 12.5. The minimum atomic E-state index is -0.182. The second kappa shape index (κ2) is 5.05. The zero-order valence-electron chi connectivity index (χ0n) is 11.1. The molecular weight excluding hydrogens is 297 g/mol. The molecule has 0 radical (unpaired) electrons. The van der Waals surface area contributed by atoms with Crippen LogP contribution in [-0.2, 0) is 9.59 Å². The summed E-state index contributed by atoms with van der Waals surface area (Å²) in [6.07, 6.45) is 2.58. The molecule has 1 aromatic rings. The third kappa shape index (κ3) is 2.13. The van der Waals surface area contributed by atoms with Gasteiger partial charge < -0.3 is 0 Å². The number of fused-ring (bicyclic) bond motifs is 1. The van der Waals surface area contributed by atoms with E-state index in [0.717, 1.165) is 19.3 Å². The fraction of sp³-hybridized carbons (Fsp3) is 0.467. The molecule has 1 saturated carbocycles. The van der Waals surface area contributed by atoms with Gasteiger partial charge in [0.2, 0.25) is 11.8 Å². The predicted octanol–water partition coefficient (Wildman–Crippen LogP) is 3.92. The van der Waals surface area contributed by atoms with Crippen molar-refractivity contribution in [3.63, 3.8) is 0 Å². The van der Waals surface area contributed by atoms with Gasteiger partial charge in [-0.1, -0.05) is 30.1 Å². The number of carbonyl (C=O) groups is 2. The summed E-state index contributed by atoms with van der Waals surface area (Å²) < 4.78 is 0. The fourth-order valence-electron chi connectivity index (χ4n) is 3.29. The molecule has 1 aromatic carbocycles. The second-order valence-corrected chi connectivity index (χ2v) is 6.58. The van der Waals surface area contributed by atoms with Crippen LogP contribution in [0.5, 0.6) is 0 Å². The molecule has 1 aliphatic heterocycles. The van der Waals surface area contributed by atoms with Crippen LogP contribution < -0.4 is 4.90 Å². The number of anilines is 1. The minimum absolute atomic E-state index is 0.115. The quantitative estimate of drug-likeness (QED) is 0.737. The van der Waals surface area contributed by atoms with Crippen LogP contribution in [0.2, 0.25) is 10.0 Å². The largest absolute Gasteiger partial charge is 0.274 e. The topological polar surface area (TPSA) is 37.4 Å². The zero-order valence-corrected chi connectivity index (χ0v) is 12.6. The Morgan fingerprint density at radius 3 is 2.50 bits per heavy atom. The van der Waals surface area contributed by atoms with E-state index >= 15 is 0 Å². The minimum Gasteiger partial charge on any atom is -0.274 e. The Morgan fingerprint density at radius 1 is 1.10 bits per heavy atom. The first-order valence-corrected chi connectivity index (χ1v) is 7.57. The van der Waals surface area contributed by atoms with Gasteiger partial charge >= 0.3 is 0 Å². The van der Waals surface area contributed by atoms with E-state index in [2.05, 4.69) is 6.92 Å². The Morgan fingerprint density at radius 2 is 1.80 bits per heavy atom. The third-order valence-electron chi connectivity index (χ3n) is 4.34. The van der Waals surface area contributed by atoms with Gasteiger partial charge in [0.25, 0.3) is 0 Å². The highest BCUT2D eigenvalue weighted by molar-refractivity contribution is 6.38. The Bertz CT molecular complexity index is 587. The number of hydrogen-bond acceptors (Lipinski definition) is 2. The molecule has 1 aliphatic carbocycles. The number of amides is 2. The first kappa shape index (κ1) is 13.9. The van der Waals surface area contributed by atoms with Gasteiger partial charge in [0, 0.05) is 5.02 Å². The maximum atomic E-state index is 12.5. The van der Waals surface area contributed by atoms with Gasteiger partial charge in [0.1, 0.15) is 0 Å². The summed E-state index contributed by atoms with van der Waals surface area (Å²) in [5, 5.41) is 0.828. The lowest BCUT2D eigenvalue weighted by Gasteiger charge is -2.25. The van der Waals surface area contributed by atoms with Gasteiger partial charge in [-0.05, 0) is 43.4 Å². The summed E-state index contributed by atoms with van der Waals surface area (Å²) in [7, 11) is 0.